The molecular formula is C16H9FN6O. The van der Waals surface area contributed by atoms with Crippen LogP contribution >= 0.6 is 0 Å². The summed E-state index contributed by atoms with van der Waals surface area (Å²) >= 11 is 0. The number of carbonyl (C=O) groups excluding carboxylic acids is 1. The van der Waals surface area contributed by atoms with Crippen LogP contribution in [-0.4, -0.2) is 25.7 Å². The summed E-state index contributed by atoms with van der Waals surface area (Å²) in [4.78, 5) is 21.6. The van der Waals surface area contributed by atoms with E-state index in [-0.39, 0.29) is 18.3 Å². The molecule has 0 unspecified atom stereocenters. The van der Waals surface area contributed by atoms with Gasteiger partial charge in [0, 0.05) is 6.20 Å². The maximum atomic E-state index is 13.3. The molecule has 0 atom stereocenters. The Balaban J connectivity index is 1.65. The van der Waals surface area contributed by atoms with Crippen LogP contribution in [0.3, 0.4) is 0 Å². The monoisotopic (exact) mass is 320 g/mol. The molecule has 0 N–H and O–H groups in total. The number of halogens is 1. The van der Waals surface area contributed by atoms with Crippen LogP contribution in [0.5, 0.6) is 0 Å². The van der Waals surface area contributed by atoms with Crippen LogP contribution in [0.2, 0.25) is 0 Å². The van der Waals surface area contributed by atoms with Crippen LogP contribution in [0, 0.1) is 17.3 Å². The van der Waals surface area contributed by atoms with Gasteiger partial charge >= 0.3 is 0 Å². The molecule has 3 aromatic heterocycles. The second-order valence-corrected chi connectivity index (χ2v) is 5.16. The van der Waals surface area contributed by atoms with E-state index < -0.39 is 5.95 Å². The highest BCUT2D eigenvalue weighted by atomic mass is 19.1. The summed E-state index contributed by atoms with van der Waals surface area (Å²) in [5.41, 5.74) is 1.96. The zero-order valence-electron chi connectivity index (χ0n) is 12.2. The van der Waals surface area contributed by atoms with Crippen LogP contribution in [0.4, 0.5) is 10.2 Å². The fourth-order valence-electron chi connectivity index (χ4n) is 2.52. The molecule has 0 radical (unpaired) electrons. The molecule has 116 valence electrons. The van der Waals surface area contributed by atoms with Crippen molar-refractivity contribution in [3.63, 3.8) is 0 Å². The Morgan fingerprint density at radius 2 is 2.12 bits per heavy atom. The molecule has 0 aromatic carbocycles. The molecule has 0 fully saturated rings. The van der Waals surface area contributed by atoms with Gasteiger partial charge in [0.25, 0.3) is 5.91 Å². The van der Waals surface area contributed by atoms with Crippen LogP contribution in [0.15, 0.2) is 42.7 Å². The molecule has 0 bridgehead atoms. The van der Waals surface area contributed by atoms with Crippen LogP contribution in [0.1, 0.15) is 21.7 Å². The minimum atomic E-state index is -0.640. The van der Waals surface area contributed by atoms with Gasteiger partial charge in [-0.25, -0.2) is 14.6 Å². The lowest BCUT2D eigenvalue weighted by atomic mass is 10.3. The Labute approximate surface area is 135 Å². The molecule has 1 aliphatic rings. The van der Waals surface area contributed by atoms with Gasteiger partial charge in [-0.1, -0.05) is 6.07 Å². The summed E-state index contributed by atoms with van der Waals surface area (Å²) in [6, 6.07) is 9.52. The molecule has 8 heteroatoms. The first-order valence-electron chi connectivity index (χ1n) is 7.05. The van der Waals surface area contributed by atoms with Gasteiger partial charge in [-0.3, -0.25) is 9.69 Å². The smallest absolute Gasteiger partial charge is 0.263 e. The Hall–Kier alpha value is -3.60. The molecule has 0 saturated heterocycles. The van der Waals surface area contributed by atoms with Crippen molar-refractivity contribution in [2.75, 3.05) is 4.90 Å². The second-order valence-electron chi connectivity index (χ2n) is 5.16. The van der Waals surface area contributed by atoms with E-state index in [1.165, 1.54) is 27.9 Å². The number of pyridine rings is 2. The number of anilines is 1. The Bertz CT molecular complexity index is 989. The molecule has 0 spiro atoms. The minimum absolute atomic E-state index is 0.224. The molecule has 3 aromatic rings. The third kappa shape index (κ3) is 2.19. The highest BCUT2D eigenvalue weighted by molar-refractivity contribution is 6.09. The zero-order chi connectivity index (χ0) is 16.7. The number of nitriles is 1. The van der Waals surface area contributed by atoms with E-state index in [4.69, 9.17) is 5.26 Å². The molecule has 24 heavy (non-hydrogen) atoms. The number of amides is 1. The van der Waals surface area contributed by atoms with Crippen molar-refractivity contribution >= 4 is 11.7 Å². The maximum absolute atomic E-state index is 13.3. The fraction of sp³-hybridized carbons (Fsp3) is 0.0625. The van der Waals surface area contributed by atoms with Crippen LogP contribution < -0.4 is 4.90 Å². The molecule has 0 aliphatic carbocycles. The normalized spacial score (nSPS) is 13.0. The van der Waals surface area contributed by atoms with Gasteiger partial charge in [-0.15, -0.1) is 0 Å². The third-order valence-electron chi connectivity index (χ3n) is 3.68. The number of fused-ring (bicyclic) bond motifs is 1. The van der Waals surface area contributed by atoms with Crippen molar-refractivity contribution < 1.29 is 9.18 Å². The van der Waals surface area contributed by atoms with Crippen molar-refractivity contribution in [2.45, 2.75) is 6.54 Å². The van der Waals surface area contributed by atoms with E-state index in [0.717, 1.165) is 0 Å². The predicted molar refractivity (Wildman–Crippen MR) is 80.8 cm³/mol. The topological polar surface area (TPSA) is 87.7 Å². The summed E-state index contributed by atoms with van der Waals surface area (Å²) in [7, 11) is 0. The van der Waals surface area contributed by atoms with Crippen LogP contribution in [0.25, 0.3) is 5.69 Å². The summed E-state index contributed by atoms with van der Waals surface area (Å²) in [5, 5.41) is 13.1. The molecular weight excluding hydrogens is 311 g/mol. The highest BCUT2D eigenvalue weighted by Gasteiger charge is 2.32. The first kappa shape index (κ1) is 14.0. The number of rotatable bonds is 2. The van der Waals surface area contributed by atoms with Gasteiger partial charge in [-0.05, 0) is 24.3 Å². The van der Waals surface area contributed by atoms with Gasteiger partial charge in [0.15, 0.2) is 0 Å². The summed E-state index contributed by atoms with van der Waals surface area (Å²) in [5.74, 6) is -0.667. The first-order valence-corrected chi connectivity index (χ1v) is 7.05. The lowest BCUT2D eigenvalue weighted by Gasteiger charge is -2.14. The van der Waals surface area contributed by atoms with E-state index in [9.17, 15) is 9.18 Å². The van der Waals surface area contributed by atoms with Gasteiger partial charge in [-0.2, -0.15) is 14.8 Å². The second kappa shape index (κ2) is 5.24. The first-order chi connectivity index (χ1) is 11.7. The summed E-state index contributed by atoms with van der Waals surface area (Å²) in [6.45, 7) is 0.224. The summed E-state index contributed by atoms with van der Waals surface area (Å²) in [6.07, 6.45) is 3.11. The lowest BCUT2D eigenvalue weighted by Crippen LogP contribution is -2.25. The van der Waals surface area contributed by atoms with E-state index in [1.807, 2.05) is 6.07 Å². The van der Waals surface area contributed by atoms with Gasteiger partial charge in [0.05, 0.1) is 29.7 Å². The number of carbonyl (C=O) groups is 1. The molecule has 4 heterocycles. The van der Waals surface area contributed by atoms with E-state index in [1.54, 1.807) is 24.4 Å². The number of hydrogen-bond donors (Lipinski definition) is 0. The largest absolute Gasteiger partial charge is 0.286 e. The molecule has 7 nitrogen and oxygen atoms in total. The maximum Gasteiger partial charge on any atom is 0.263 e. The molecule has 0 saturated carbocycles. The Morgan fingerprint density at radius 3 is 2.79 bits per heavy atom. The predicted octanol–water partition coefficient (Wildman–Crippen LogP) is 1.83. The van der Waals surface area contributed by atoms with Crippen LogP contribution in [-0.2, 0) is 6.54 Å². The van der Waals surface area contributed by atoms with Crippen molar-refractivity contribution in [3.05, 3.63) is 65.6 Å². The number of aromatic nitrogens is 4. The Morgan fingerprint density at radius 1 is 1.25 bits per heavy atom. The summed E-state index contributed by atoms with van der Waals surface area (Å²) < 4.78 is 14.8. The quantitative estimate of drug-likeness (QED) is 0.672. The highest BCUT2D eigenvalue weighted by Crippen LogP contribution is 2.27. The van der Waals surface area contributed by atoms with Crippen molar-refractivity contribution in [3.8, 4) is 11.8 Å². The molecule has 1 aliphatic heterocycles. The standard InChI is InChI=1S/C16H9FN6O/c17-14-2-1-3-15(20-14)22-9-13-12(16(22)24)8-23(21-13)11-5-4-10(6-18)19-7-11/h1-5,7-8H,9H2. The SMILES string of the molecule is N#Cc1ccc(-n2cc3c(n2)CN(c2cccc(F)n2)C3=O)cn1. The zero-order valence-corrected chi connectivity index (χ0v) is 12.2. The third-order valence-corrected chi connectivity index (χ3v) is 3.68. The van der Waals surface area contributed by atoms with Gasteiger partial charge in [0.2, 0.25) is 5.95 Å². The lowest BCUT2D eigenvalue weighted by molar-refractivity contribution is 0.0995. The van der Waals surface area contributed by atoms with E-state index in [2.05, 4.69) is 15.1 Å². The van der Waals surface area contributed by atoms with Gasteiger partial charge < -0.3 is 0 Å². The van der Waals surface area contributed by atoms with Gasteiger partial charge in [0.1, 0.15) is 17.6 Å². The van der Waals surface area contributed by atoms with Crippen molar-refractivity contribution in [1.82, 2.24) is 19.7 Å². The fourth-order valence-corrected chi connectivity index (χ4v) is 2.52. The molecule has 1 amide bonds. The number of nitrogens with zero attached hydrogens (tertiary/aromatic N) is 6. The van der Waals surface area contributed by atoms with Crippen molar-refractivity contribution in [2.24, 2.45) is 0 Å². The minimum Gasteiger partial charge on any atom is -0.286 e. The average Bonchev–Trinajstić information content (AvgIpc) is 3.15. The van der Waals surface area contributed by atoms with E-state index in [0.29, 0.717) is 22.6 Å². The number of hydrogen-bond acceptors (Lipinski definition) is 5. The van der Waals surface area contributed by atoms with Crippen molar-refractivity contribution in [1.29, 1.82) is 5.26 Å². The Kier molecular flexibility index (Phi) is 3.06. The average molecular weight is 320 g/mol. The molecule has 4 rings (SSSR count). The van der Waals surface area contributed by atoms with E-state index >= 15 is 0 Å².